The fourth-order valence-electron chi connectivity index (χ4n) is 3.67. The van der Waals surface area contributed by atoms with Crippen LogP contribution in [0.25, 0.3) is 10.9 Å². The van der Waals surface area contributed by atoms with E-state index in [2.05, 4.69) is 20.6 Å². The van der Waals surface area contributed by atoms with E-state index in [1.165, 1.54) is 52.6 Å². The van der Waals surface area contributed by atoms with Gasteiger partial charge in [0.05, 0.1) is 26.3 Å². The standard InChI is InChI=1S/C27H27F2N4O5PS/c1-35-7-8-38-19-10-16(27(28,29)39)9-18(11-19)33-26(34)32-17-5-4-6-20(12-17)40-25-21-13-23(36-2)24(37-3)14-22(21)30-15-31-25/h4-6,9-15H,7-8,39H2,1-3H3,(H2,32,33,34). The number of ether oxygens (including phenoxy) is 4. The lowest BCUT2D eigenvalue weighted by Gasteiger charge is -2.16. The summed E-state index contributed by atoms with van der Waals surface area (Å²) in [6.45, 7) is 0.450. The number of halogens is 2. The number of nitrogens with one attached hydrogen (secondary N) is 2. The number of urea groups is 1. The van der Waals surface area contributed by atoms with Crippen LogP contribution in [0.2, 0.25) is 0 Å². The zero-order valence-electron chi connectivity index (χ0n) is 21.9. The van der Waals surface area contributed by atoms with Crippen LogP contribution in [0.3, 0.4) is 0 Å². The summed E-state index contributed by atoms with van der Waals surface area (Å²) in [4.78, 5) is 22.3. The third kappa shape index (κ3) is 7.47. The molecular weight excluding hydrogens is 561 g/mol. The number of aromatic nitrogens is 2. The summed E-state index contributed by atoms with van der Waals surface area (Å²) < 4.78 is 49.2. The van der Waals surface area contributed by atoms with Crippen LogP contribution in [0.1, 0.15) is 5.56 Å². The molecule has 9 nitrogen and oxygen atoms in total. The van der Waals surface area contributed by atoms with Gasteiger partial charge in [0.1, 0.15) is 23.7 Å². The lowest BCUT2D eigenvalue weighted by Crippen LogP contribution is -2.20. The van der Waals surface area contributed by atoms with Gasteiger partial charge in [-0.1, -0.05) is 27.1 Å². The monoisotopic (exact) mass is 588 g/mol. The van der Waals surface area contributed by atoms with Crippen molar-refractivity contribution < 1.29 is 32.5 Å². The van der Waals surface area contributed by atoms with E-state index in [1.54, 1.807) is 38.5 Å². The molecule has 0 spiro atoms. The second-order valence-corrected chi connectivity index (χ2v) is 10.1. The molecule has 2 amide bonds. The van der Waals surface area contributed by atoms with E-state index in [9.17, 15) is 13.6 Å². The van der Waals surface area contributed by atoms with Gasteiger partial charge in [0, 0.05) is 46.5 Å². The molecule has 0 saturated carbocycles. The highest BCUT2D eigenvalue weighted by atomic mass is 32.2. The number of anilines is 2. The van der Waals surface area contributed by atoms with Gasteiger partial charge in [0.15, 0.2) is 11.5 Å². The Morgan fingerprint density at radius 2 is 1.70 bits per heavy atom. The first-order valence-electron chi connectivity index (χ1n) is 11.9. The first-order chi connectivity index (χ1) is 19.2. The molecule has 3 aromatic carbocycles. The number of carbonyl (C=O) groups is 1. The predicted molar refractivity (Wildman–Crippen MR) is 153 cm³/mol. The molecule has 4 rings (SSSR count). The van der Waals surface area contributed by atoms with E-state index in [-0.39, 0.29) is 30.2 Å². The van der Waals surface area contributed by atoms with Crippen molar-refractivity contribution in [3.63, 3.8) is 0 Å². The van der Waals surface area contributed by atoms with Crippen LogP contribution >= 0.6 is 21.0 Å². The highest BCUT2D eigenvalue weighted by Gasteiger charge is 2.26. The van der Waals surface area contributed by atoms with Gasteiger partial charge < -0.3 is 29.6 Å². The minimum Gasteiger partial charge on any atom is -0.493 e. The van der Waals surface area contributed by atoms with Crippen molar-refractivity contribution in [2.24, 2.45) is 0 Å². The Morgan fingerprint density at radius 1 is 0.950 bits per heavy atom. The van der Waals surface area contributed by atoms with Crippen LogP contribution in [-0.4, -0.2) is 50.5 Å². The summed E-state index contributed by atoms with van der Waals surface area (Å²) in [7, 11) is 6.10. The maximum absolute atomic E-state index is 14.0. The van der Waals surface area contributed by atoms with Gasteiger partial charge in [-0.3, -0.25) is 0 Å². The quantitative estimate of drug-likeness (QED) is 0.118. The number of benzene rings is 3. The zero-order valence-corrected chi connectivity index (χ0v) is 23.8. The Bertz CT molecular complexity index is 1510. The molecule has 0 aliphatic heterocycles. The van der Waals surface area contributed by atoms with Gasteiger partial charge in [0.25, 0.3) is 5.66 Å². The van der Waals surface area contributed by atoms with Crippen molar-refractivity contribution in [1.82, 2.24) is 9.97 Å². The number of carbonyl (C=O) groups excluding carboxylic acids is 1. The van der Waals surface area contributed by atoms with Crippen molar-refractivity contribution in [2.75, 3.05) is 45.2 Å². The minimum absolute atomic E-state index is 0.145. The second-order valence-electron chi connectivity index (χ2n) is 8.32. The summed E-state index contributed by atoms with van der Waals surface area (Å²) in [6, 6.07) is 14.0. The predicted octanol–water partition coefficient (Wildman–Crippen LogP) is 6.39. The van der Waals surface area contributed by atoms with Crippen molar-refractivity contribution >= 4 is 49.3 Å². The number of hydrogen-bond donors (Lipinski definition) is 2. The molecule has 2 N–H and O–H groups in total. The Labute approximate surface area is 236 Å². The van der Waals surface area contributed by atoms with Crippen molar-refractivity contribution in [2.45, 2.75) is 15.6 Å². The van der Waals surface area contributed by atoms with Crippen molar-refractivity contribution in [3.8, 4) is 17.2 Å². The van der Waals surface area contributed by atoms with Gasteiger partial charge in [0.2, 0.25) is 0 Å². The normalized spacial score (nSPS) is 11.2. The molecule has 0 aliphatic rings. The molecule has 1 heterocycles. The lowest BCUT2D eigenvalue weighted by molar-refractivity contribution is 0.103. The molecule has 1 aromatic heterocycles. The molecule has 1 unspecified atom stereocenters. The molecule has 0 saturated heterocycles. The summed E-state index contributed by atoms with van der Waals surface area (Å²) >= 11 is 1.38. The van der Waals surface area contributed by atoms with E-state index >= 15 is 0 Å². The maximum Gasteiger partial charge on any atom is 0.323 e. The summed E-state index contributed by atoms with van der Waals surface area (Å²) in [5, 5.41) is 6.78. The third-order valence-electron chi connectivity index (χ3n) is 5.52. The Hall–Kier alpha value is -3.73. The maximum atomic E-state index is 14.0. The Balaban J connectivity index is 1.50. The number of amides is 2. The van der Waals surface area contributed by atoms with Crippen molar-refractivity contribution in [1.29, 1.82) is 0 Å². The molecule has 0 bridgehead atoms. The van der Waals surface area contributed by atoms with Crippen LogP contribution < -0.4 is 24.8 Å². The second kappa shape index (κ2) is 13.1. The molecular formula is C27H27F2N4O5PS. The molecule has 4 aromatic rings. The van der Waals surface area contributed by atoms with Crippen molar-refractivity contribution in [3.05, 3.63) is 66.5 Å². The summed E-state index contributed by atoms with van der Waals surface area (Å²) in [5.74, 6) is 1.29. The van der Waals surface area contributed by atoms with Gasteiger partial charge in [-0.15, -0.1) is 0 Å². The van der Waals surface area contributed by atoms with Crippen LogP contribution in [0.5, 0.6) is 17.2 Å². The minimum atomic E-state index is -3.21. The molecule has 40 heavy (non-hydrogen) atoms. The summed E-state index contributed by atoms with van der Waals surface area (Å²) in [6.07, 6.45) is 1.46. The molecule has 13 heteroatoms. The van der Waals surface area contributed by atoms with E-state index in [0.29, 0.717) is 27.7 Å². The first kappa shape index (κ1) is 29.3. The third-order valence-corrected chi connectivity index (χ3v) is 6.86. The lowest BCUT2D eigenvalue weighted by atomic mass is 10.2. The summed E-state index contributed by atoms with van der Waals surface area (Å²) in [5.41, 5.74) is -2.21. The first-order valence-corrected chi connectivity index (χ1v) is 13.3. The van der Waals surface area contributed by atoms with Crippen LogP contribution in [0.15, 0.2) is 70.8 Å². The van der Waals surface area contributed by atoms with Gasteiger partial charge >= 0.3 is 6.03 Å². The average molecular weight is 589 g/mol. The van der Waals surface area contributed by atoms with E-state index in [0.717, 1.165) is 10.3 Å². The van der Waals surface area contributed by atoms with Crippen LogP contribution in [-0.2, 0) is 10.4 Å². The average Bonchev–Trinajstić information content (AvgIpc) is 2.92. The number of fused-ring (bicyclic) bond motifs is 1. The number of nitrogens with zero attached hydrogens (tertiary/aromatic N) is 2. The molecule has 0 aliphatic carbocycles. The highest BCUT2D eigenvalue weighted by Crippen LogP contribution is 2.39. The number of rotatable bonds is 11. The fraction of sp³-hybridized carbons (Fsp3) is 0.222. The van der Waals surface area contributed by atoms with E-state index < -0.39 is 11.7 Å². The van der Waals surface area contributed by atoms with E-state index in [4.69, 9.17) is 18.9 Å². The Morgan fingerprint density at radius 3 is 2.42 bits per heavy atom. The largest absolute Gasteiger partial charge is 0.493 e. The number of hydrogen-bond acceptors (Lipinski definition) is 8. The number of methoxy groups -OCH3 is 3. The SMILES string of the molecule is COCCOc1cc(NC(=O)Nc2cccc(Sc3ncnc4cc(OC)c(OC)cc34)c2)cc(C(F)(F)P)c1. The molecule has 210 valence electrons. The zero-order chi connectivity index (χ0) is 28.7. The van der Waals surface area contributed by atoms with Gasteiger partial charge in [-0.2, -0.15) is 8.78 Å². The van der Waals surface area contributed by atoms with Crippen LogP contribution in [0.4, 0.5) is 25.0 Å². The fourth-order valence-corrected chi connectivity index (χ4v) is 4.77. The smallest absolute Gasteiger partial charge is 0.323 e. The van der Waals surface area contributed by atoms with Gasteiger partial charge in [-0.25, -0.2) is 14.8 Å². The van der Waals surface area contributed by atoms with Gasteiger partial charge in [-0.05, 0) is 36.4 Å². The molecule has 0 fully saturated rings. The highest BCUT2D eigenvalue weighted by molar-refractivity contribution is 7.99. The Kier molecular flexibility index (Phi) is 9.57. The number of alkyl halides is 2. The molecule has 0 radical (unpaired) electrons. The van der Waals surface area contributed by atoms with Crippen LogP contribution in [0, 0.1) is 0 Å². The van der Waals surface area contributed by atoms with E-state index in [1.807, 2.05) is 12.1 Å². The molecule has 1 atom stereocenters. The topological polar surface area (TPSA) is 104 Å².